The van der Waals surface area contributed by atoms with Crippen molar-refractivity contribution in [3.05, 3.63) is 65.5 Å². The molecule has 5 heteroatoms. The summed E-state index contributed by atoms with van der Waals surface area (Å²) in [5.74, 6) is 0. The van der Waals surface area contributed by atoms with Crippen molar-refractivity contribution in [1.82, 2.24) is 4.98 Å². The van der Waals surface area contributed by atoms with Crippen molar-refractivity contribution in [2.45, 2.75) is 19.3 Å². The average molecular weight is 267 g/mol. The van der Waals surface area contributed by atoms with E-state index in [4.69, 9.17) is 0 Å². The number of rotatable bonds is 4. The van der Waals surface area contributed by atoms with Gasteiger partial charge in [-0.05, 0) is 18.2 Å². The van der Waals surface area contributed by atoms with Crippen LogP contribution < -0.4 is 5.32 Å². The van der Waals surface area contributed by atoms with E-state index in [2.05, 4.69) is 4.98 Å². The topological polar surface area (TPSA) is 29.5 Å². The molecule has 0 saturated heterocycles. The quantitative estimate of drug-likeness (QED) is 0.905. The van der Waals surface area contributed by atoms with Gasteiger partial charge in [-0.1, -0.05) is 24.3 Å². The average Bonchev–Trinajstić information content (AvgIpc) is 2.39. The van der Waals surface area contributed by atoms with E-state index in [0.29, 0.717) is 12.1 Å². The number of nitrogens with two attached hydrogens (primary N) is 1. The molecule has 100 valence electrons. The minimum absolute atomic E-state index is 0.284. The van der Waals surface area contributed by atoms with Crippen LogP contribution in [0.2, 0.25) is 0 Å². The fourth-order valence-electron chi connectivity index (χ4n) is 1.87. The second-order valence-electron chi connectivity index (χ2n) is 4.17. The molecule has 19 heavy (non-hydrogen) atoms. The summed E-state index contributed by atoms with van der Waals surface area (Å²) in [6.45, 7) is 0.847. The fourth-order valence-corrected chi connectivity index (χ4v) is 1.87. The third-order valence-electron chi connectivity index (χ3n) is 2.77. The van der Waals surface area contributed by atoms with E-state index >= 15 is 0 Å². The van der Waals surface area contributed by atoms with Gasteiger partial charge >= 0.3 is 6.18 Å². The molecule has 0 unspecified atom stereocenters. The van der Waals surface area contributed by atoms with Crippen molar-refractivity contribution in [3.63, 3.8) is 0 Å². The van der Waals surface area contributed by atoms with E-state index in [9.17, 15) is 13.2 Å². The number of nitrogens with zero attached hydrogens (tertiary/aromatic N) is 1. The maximum absolute atomic E-state index is 12.8. The van der Waals surface area contributed by atoms with Crippen LogP contribution in [-0.2, 0) is 19.3 Å². The summed E-state index contributed by atoms with van der Waals surface area (Å²) in [5, 5.41) is 1.81. The molecule has 0 aliphatic rings. The van der Waals surface area contributed by atoms with E-state index < -0.39 is 11.7 Å². The predicted molar refractivity (Wildman–Crippen MR) is 65.0 cm³/mol. The Labute approximate surface area is 109 Å². The Morgan fingerprint density at radius 1 is 0.947 bits per heavy atom. The van der Waals surface area contributed by atoms with Gasteiger partial charge in [0.05, 0.1) is 11.3 Å². The number of hydrogen-bond acceptors (Lipinski definition) is 1. The number of alkyl halides is 3. The minimum Gasteiger partial charge on any atom is -0.337 e. The molecule has 0 atom stereocenters. The molecule has 0 aliphatic carbocycles. The first-order chi connectivity index (χ1) is 9.07. The Morgan fingerprint density at radius 2 is 1.68 bits per heavy atom. The molecule has 0 radical (unpaired) electrons. The van der Waals surface area contributed by atoms with Gasteiger partial charge in [0.2, 0.25) is 0 Å². The largest absolute Gasteiger partial charge is 0.416 e. The van der Waals surface area contributed by atoms with Crippen LogP contribution in [0.25, 0.3) is 0 Å². The molecule has 0 spiro atoms. The molecule has 0 fully saturated rings. The highest BCUT2D eigenvalue weighted by Crippen LogP contribution is 2.31. The lowest BCUT2D eigenvalue weighted by Crippen LogP contribution is -2.81. The molecule has 1 heterocycles. The molecule has 0 saturated carbocycles. The zero-order valence-corrected chi connectivity index (χ0v) is 10.2. The van der Waals surface area contributed by atoms with Crippen molar-refractivity contribution < 1.29 is 18.5 Å². The Balaban J connectivity index is 2.00. The van der Waals surface area contributed by atoms with Crippen LogP contribution in [0.1, 0.15) is 16.8 Å². The van der Waals surface area contributed by atoms with E-state index in [1.54, 1.807) is 12.3 Å². The molecule has 0 amide bonds. The van der Waals surface area contributed by atoms with Gasteiger partial charge < -0.3 is 5.32 Å². The lowest BCUT2D eigenvalue weighted by molar-refractivity contribution is -0.687. The Morgan fingerprint density at radius 3 is 2.37 bits per heavy atom. The molecule has 2 rings (SSSR count). The van der Waals surface area contributed by atoms with Crippen LogP contribution in [0.5, 0.6) is 0 Å². The number of aromatic nitrogens is 1. The Kier molecular flexibility index (Phi) is 4.16. The zero-order chi connectivity index (χ0) is 13.7. The first kappa shape index (κ1) is 13.5. The van der Waals surface area contributed by atoms with Gasteiger partial charge in [0, 0.05) is 11.8 Å². The SMILES string of the molecule is FC(F)(F)c1ccccc1C[NH2+]Cc1ccccn1. The lowest BCUT2D eigenvalue weighted by Gasteiger charge is -2.11. The molecule has 0 bridgehead atoms. The maximum Gasteiger partial charge on any atom is 0.416 e. The molecule has 2 nitrogen and oxygen atoms in total. The van der Waals surface area contributed by atoms with E-state index in [0.717, 1.165) is 11.8 Å². The summed E-state index contributed by atoms with van der Waals surface area (Å²) in [6.07, 6.45) is -2.62. The number of benzene rings is 1. The van der Waals surface area contributed by atoms with Gasteiger partial charge in [0.15, 0.2) is 0 Å². The van der Waals surface area contributed by atoms with Crippen molar-refractivity contribution in [2.75, 3.05) is 0 Å². The summed E-state index contributed by atoms with van der Waals surface area (Å²) >= 11 is 0. The highest BCUT2D eigenvalue weighted by Gasteiger charge is 2.33. The number of hydrogen-bond donors (Lipinski definition) is 1. The van der Waals surface area contributed by atoms with Crippen molar-refractivity contribution in [3.8, 4) is 0 Å². The summed E-state index contributed by atoms with van der Waals surface area (Å²) < 4.78 is 38.3. The second-order valence-corrected chi connectivity index (χ2v) is 4.17. The molecule has 1 aromatic heterocycles. The molecule has 2 N–H and O–H groups in total. The van der Waals surface area contributed by atoms with E-state index in [-0.39, 0.29) is 6.54 Å². The van der Waals surface area contributed by atoms with E-state index in [1.807, 2.05) is 23.5 Å². The first-order valence-corrected chi connectivity index (χ1v) is 5.94. The molecule has 0 aliphatic heterocycles. The highest BCUT2D eigenvalue weighted by atomic mass is 19.4. The highest BCUT2D eigenvalue weighted by molar-refractivity contribution is 5.28. The summed E-state index contributed by atoms with van der Waals surface area (Å²) in [7, 11) is 0. The van der Waals surface area contributed by atoms with Crippen LogP contribution in [0, 0.1) is 0 Å². The lowest BCUT2D eigenvalue weighted by atomic mass is 10.1. The van der Waals surface area contributed by atoms with Crippen LogP contribution in [0.15, 0.2) is 48.7 Å². The van der Waals surface area contributed by atoms with Gasteiger partial charge in [-0.25, -0.2) is 0 Å². The predicted octanol–water partition coefficient (Wildman–Crippen LogP) is 2.36. The fraction of sp³-hybridized carbons (Fsp3) is 0.214. The monoisotopic (exact) mass is 267 g/mol. The van der Waals surface area contributed by atoms with Crippen molar-refractivity contribution in [1.29, 1.82) is 0 Å². The molecular weight excluding hydrogens is 253 g/mol. The zero-order valence-electron chi connectivity index (χ0n) is 10.2. The normalized spacial score (nSPS) is 11.5. The number of quaternary nitrogens is 1. The van der Waals surface area contributed by atoms with Gasteiger partial charge in [0.25, 0.3) is 0 Å². The summed E-state index contributed by atoms with van der Waals surface area (Å²) in [4.78, 5) is 4.13. The molecule has 1 aromatic carbocycles. The van der Waals surface area contributed by atoms with Gasteiger partial charge in [-0.2, -0.15) is 13.2 Å². The molecule has 2 aromatic rings. The second kappa shape index (κ2) is 5.84. The third-order valence-corrected chi connectivity index (χ3v) is 2.77. The van der Waals surface area contributed by atoms with Crippen LogP contribution >= 0.6 is 0 Å². The number of pyridine rings is 1. The smallest absolute Gasteiger partial charge is 0.337 e. The van der Waals surface area contributed by atoms with Gasteiger partial charge in [0.1, 0.15) is 13.1 Å². The van der Waals surface area contributed by atoms with Gasteiger partial charge in [-0.15, -0.1) is 0 Å². The van der Waals surface area contributed by atoms with Crippen molar-refractivity contribution in [2.24, 2.45) is 0 Å². The van der Waals surface area contributed by atoms with Crippen LogP contribution in [-0.4, -0.2) is 4.98 Å². The Hall–Kier alpha value is -1.88. The number of halogens is 3. The summed E-state index contributed by atoms with van der Waals surface area (Å²) in [6, 6.07) is 11.2. The van der Waals surface area contributed by atoms with Crippen LogP contribution in [0.4, 0.5) is 13.2 Å². The van der Waals surface area contributed by atoms with Crippen molar-refractivity contribution >= 4 is 0 Å². The maximum atomic E-state index is 12.8. The van der Waals surface area contributed by atoms with E-state index in [1.165, 1.54) is 12.1 Å². The Bertz CT molecular complexity index is 524. The first-order valence-electron chi connectivity index (χ1n) is 5.94. The third kappa shape index (κ3) is 3.79. The van der Waals surface area contributed by atoms with Crippen LogP contribution in [0.3, 0.4) is 0 Å². The standard InChI is InChI=1S/C14H13F3N2/c15-14(16,17)13-7-2-1-5-11(13)9-18-10-12-6-3-4-8-19-12/h1-8,18H,9-10H2/p+1. The minimum atomic E-state index is -4.30. The summed E-state index contributed by atoms with van der Waals surface area (Å²) in [5.41, 5.74) is 0.588. The molecular formula is C14H14F3N2+. The van der Waals surface area contributed by atoms with Gasteiger partial charge in [-0.3, -0.25) is 4.98 Å².